The van der Waals surface area contributed by atoms with Crippen LogP contribution in [0.2, 0.25) is 15.2 Å². The normalized spacial score (nSPS) is 25.0. The van der Waals surface area contributed by atoms with Crippen LogP contribution in [-0.2, 0) is 4.74 Å². The Morgan fingerprint density at radius 3 is 2.75 bits per heavy atom. The molecule has 1 aromatic heterocycles. The topological polar surface area (TPSA) is 22.1 Å². The van der Waals surface area contributed by atoms with Gasteiger partial charge in [-0.2, -0.15) is 0 Å². The van der Waals surface area contributed by atoms with Crippen LogP contribution >= 0.6 is 46.6 Å². The zero-order chi connectivity index (χ0) is 11.7. The van der Waals surface area contributed by atoms with Gasteiger partial charge in [-0.05, 0) is 19.4 Å². The molecule has 0 spiro atoms. The lowest BCUT2D eigenvalue weighted by atomic mass is 10.3. The van der Waals surface area contributed by atoms with E-state index in [9.17, 15) is 0 Å². The zero-order valence-corrected chi connectivity index (χ0v) is 11.6. The summed E-state index contributed by atoms with van der Waals surface area (Å²) in [5, 5.41) is 2.31. The van der Waals surface area contributed by atoms with E-state index < -0.39 is 0 Å². The molecule has 0 bridgehead atoms. The quantitative estimate of drug-likeness (QED) is 0.760. The van der Waals surface area contributed by atoms with Crippen LogP contribution < -0.4 is 0 Å². The maximum absolute atomic E-state index is 6.06. The van der Waals surface area contributed by atoms with Gasteiger partial charge in [0.05, 0.1) is 16.1 Å². The van der Waals surface area contributed by atoms with E-state index in [1.165, 1.54) is 0 Å². The summed E-state index contributed by atoms with van der Waals surface area (Å²) < 4.78 is 5.48. The molecule has 0 aliphatic carbocycles. The molecule has 0 amide bonds. The number of hydrogen-bond acceptors (Lipinski definition) is 3. The molecule has 1 aliphatic heterocycles. The van der Waals surface area contributed by atoms with Gasteiger partial charge in [-0.15, -0.1) is 0 Å². The predicted molar refractivity (Wildman–Crippen MR) is 68.9 cm³/mol. The van der Waals surface area contributed by atoms with Crippen molar-refractivity contribution in [1.29, 1.82) is 0 Å². The maximum atomic E-state index is 6.06. The van der Waals surface area contributed by atoms with E-state index in [2.05, 4.69) is 11.9 Å². The molecule has 6 heteroatoms. The van der Waals surface area contributed by atoms with Crippen molar-refractivity contribution in [3.63, 3.8) is 0 Å². The molecule has 2 nitrogen and oxygen atoms in total. The highest BCUT2D eigenvalue weighted by atomic mass is 35.5. The van der Waals surface area contributed by atoms with Crippen molar-refractivity contribution in [3.8, 4) is 0 Å². The number of pyridine rings is 1. The van der Waals surface area contributed by atoms with Crippen LogP contribution in [0.5, 0.6) is 0 Å². The minimum atomic E-state index is 0.220. The van der Waals surface area contributed by atoms with Gasteiger partial charge in [-0.1, -0.05) is 46.6 Å². The summed E-state index contributed by atoms with van der Waals surface area (Å²) >= 11 is 19.3. The van der Waals surface area contributed by atoms with Crippen LogP contribution in [0.4, 0.5) is 0 Å². The molecule has 0 aromatic carbocycles. The smallest absolute Gasteiger partial charge is 0.149 e. The minimum absolute atomic E-state index is 0.220. The van der Waals surface area contributed by atoms with Gasteiger partial charge in [0.2, 0.25) is 0 Å². The highest BCUT2D eigenvalue weighted by Crippen LogP contribution is 2.37. The Kier molecular flexibility index (Phi) is 4.25. The van der Waals surface area contributed by atoms with Gasteiger partial charge in [0, 0.05) is 11.9 Å². The van der Waals surface area contributed by atoms with Crippen molar-refractivity contribution in [2.24, 2.45) is 0 Å². The van der Waals surface area contributed by atoms with Crippen molar-refractivity contribution >= 4 is 46.6 Å². The third-order valence-corrected chi connectivity index (χ3v) is 4.95. The van der Waals surface area contributed by atoms with Gasteiger partial charge in [-0.25, -0.2) is 4.98 Å². The molecule has 1 aromatic rings. The fourth-order valence-electron chi connectivity index (χ4n) is 1.52. The SMILES string of the molecule is CC1OCCC1Sc1nc(Cl)c(Cl)cc1Cl. The van der Waals surface area contributed by atoms with Gasteiger partial charge in [0.15, 0.2) is 0 Å². The van der Waals surface area contributed by atoms with Crippen molar-refractivity contribution < 1.29 is 4.74 Å². The average molecular weight is 299 g/mol. The predicted octanol–water partition coefficient (Wildman–Crippen LogP) is 4.31. The largest absolute Gasteiger partial charge is 0.377 e. The van der Waals surface area contributed by atoms with Crippen LogP contribution in [0, 0.1) is 0 Å². The molecule has 88 valence electrons. The Morgan fingerprint density at radius 1 is 1.38 bits per heavy atom. The maximum Gasteiger partial charge on any atom is 0.149 e. The molecule has 2 heterocycles. The van der Waals surface area contributed by atoms with Crippen molar-refractivity contribution in [1.82, 2.24) is 4.98 Å². The Morgan fingerprint density at radius 2 is 2.12 bits per heavy atom. The lowest BCUT2D eigenvalue weighted by Gasteiger charge is -2.13. The van der Waals surface area contributed by atoms with Crippen LogP contribution in [0.3, 0.4) is 0 Å². The zero-order valence-electron chi connectivity index (χ0n) is 8.54. The number of aromatic nitrogens is 1. The number of halogens is 3. The summed E-state index contributed by atoms with van der Waals surface area (Å²) in [6, 6.07) is 1.63. The van der Waals surface area contributed by atoms with E-state index in [4.69, 9.17) is 39.5 Å². The fraction of sp³-hybridized carbons (Fsp3) is 0.500. The van der Waals surface area contributed by atoms with E-state index in [1.807, 2.05) is 0 Å². The first-order valence-electron chi connectivity index (χ1n) is 4.87. The summed E-state index contributed by atoms with van der Waals surface area (Å²) in [6.45, 7) is 2.84. The molecule has 1 saturated heterocycles. The molecule has 2 rings (SSSR count). The second-order valence-corrected chi connectivity index (χ2v) is 5.97. The number of nitrogens with zero attached hydrogens (tertiary/aromatic N) is 1. The monoisotopic (exact) mass is 297 g/mol. The first kappa shape index (κ1) is 12.8. The number of ether oxygens (including phenoxy) is 1. The fourth-order valence-corrected chi connectivity index (χ4v) is 3.29. The van der Waals surface area contributed by atoms with Gasteiger partial charge in [0.1, 0.15) is 10.2 Å². The first-order chi connectivity index (χ1) is 7.58. The van der Waals surface area contributed by atoms with Crippen molar-refractivity contribution in [2.45, 2.75) is 29.7 Å². The molecular weight excluding hydrogens is 289 g/mol. The highest BCUT2D eigenvalue weighted by Gasteiger charge is 2.26. The van der Waals surface area contributed by atoms with E-state index in [0.717, 1.165) is 18.1 Å². The molecular formula is C10H10Cl3NOS. The van der Waals surface area contributed by atoms with Crippen LogP contribution in [-0.4, -0.2) is 22.9 Å². The molecule has 0 radical (unpaired) electrons. The second-order valence-electron chi connectivity index (χ2n) is 3.57. The summed E-state index contributed by atoms with van der Waals surface area (Å²) in [7, 11) is 0. The van der Waals surface area contributed by atoms with Crippen LogP contribution in [0.1, 0.15) is 13.3 Å². The molecule has 16 heavy (non-hydrogen) atoms. The Labute approximate surface area is 114 Å². The van der Waals surface area contributed by atoms with Crippen molar-refractivity contribution in [3.05, 3.63) is 21.3 Å². The highest BCUT2D eigenvalue weighted by molar-refractivity contribution is 8.00. The van der Waals surface area contributed by atoms with Gasteiger partial charge >= 0.3 is 0 Å². The van der Waals surface area contributed by atoms with E-state index in [-0.39, 0.29) is 6.10 Å². The molecule has 2 atom stereocenters. The third-order valence-electron chi connectivity index (χ3n) is 2.42. The summed E-state index contributed by atoms with van der Waals surface area (Å²) in [6.07, 6.45) is 1.22. The Balaban J connectivity index is 2.18. The summed E-state index contributed by atoms with van der Waals surface area (Å²) in [5.41, 5.74) is 0. The standard InChI is InChI=1S/C10H10Cl3NOS/c1-5-8(2-3-15-5)16-10-7(12)4-6(11)9(13)14-10/h4-5,8H,2-3H2,1H3. The third kappa shape index (κ3) is 2.77. The number of thioether (sulfide) groups is 1. The van der Waals surface area contributed by atoms with Gasteiger partial charge < -0.3 is 4.74 Å². The lowest BCUT2D eigenvalue weighted by molar-refractivity contribution is 0.127. The number of rotatable bonds is 2. The Bertz CT molecular complexity index is 402. The molecule has 1 aliphatic rings. The molecule has 1 fully saturated rings. The van der Waals surface area contributed by atoms with E-state index in [0.29, 0.717) is 20.4 Å². The average Bonchev–Trinajstić information content (AvgIpc) is 2.61. The summed E-state index contributed by atoms with van der Waals surface area (Å²) in [4.78, 5) is 4.18. The molecule has 2 unspecified atom stereocenters. The van der Waals surface area contributed by atoms with E-state index >= 15 is 0 Å². The van der Waals surface area contributed by atoms with Crippen LogP contribution in [0.25, 0.3) is 0 Å². The second kappa shape index (κ2) is 5.32. The van der Waals surface area contributed by atoms with E-state index in [1.54, 1.807) is 17.8 Å². The van der Waals surface area contributed by atoms with Crippen molar-refractivity contribution in [2.75, 3.05) is 6.61 Å². The summed E-state index contributed by atoms with van der Waals surface area (Å²) in [5.74, 6) is 0. The molecule has 0 saturated carbocycles. The molecule has 0 N–H and O–H groups in total. The van der Waals surface area contributed by atoms with Gasteiger partial charge in [0.25, 0.3) is 0 Å². The van der Waals surface area contributed by atoms with Crippen LogP contribution in [0.15, 0.2) is 11.1 Å². The minimum Gasteiger partial charge on any atom is -0.377 e. The Hall–Kier alpha value is 0.330. The lowest BCUT2D eigenvalue weighted by Crippen LogP contribution is -2.13. The number of hydrogen-bond donors (Lipinski definition) is 0. The first-order valence-corrected chi connectivity index (χ1v) is 6.89. The van der Waals surface area contributed by atoms with Gasteiger partial charge in [-0.3, -0.25) is 0 Å².